The Labute approximate surface area is 118 Å². The van der Waals surface area contributed by atoms with E-state index >= 15 is 0 Å². The lowest BCUT2D eigenvalue weighted by Gasteiger charge is -2.01. The molecule has 19 heavy (non-hydrogen) atoms. The minimum Gasteiger partial charge on any atom is -0.289 e. The van der Waals surface area contributed by atoms with Gasteiger partial charge in [-0.3, -0.25) is 4.79 Å². The Morgan fingerprint density at radius 2 is 1.58 bits per heavy atom. The van der Waals surface area contributed by atoms with Crippen LogP contribution in [-0.4, -0.2) is 11.7 Å². The number of alkyl halides is 1. The van der Waals surface area contributed by atoms with Gasteiger partial charge < -0.3 is 0 Å². The van der Waals surface area contributed by atoms with Crippen LogP contribution in [0.25, 0.3) is 6.08 Å². The van der Waals surface area contributed by atoms with E-state index in [-0.39, 0.29) is 5.78 Å². The maximum atomic E-state index is 12.2. The Bertz CT molecular complexity index is 556. The van der Waals surface area contributed by atoms with Crippen molar-refractivity contribution >= 4 is 23.5 Å². The van der Waals surface area contributed by atoms with Gasteiger partial charge in [0.15, 0.2) is 5.78 Å². The van der Waals surface area contributed by atoms with E-state index in [0.717, 1.165) is 12.0 Å². The largest absolute Gasteiger partial charge is 0.289 e. The molecular formula is C17H15ClO. The predicted octanol–water partition coefficient (Wildman–Crippen LogP) is 4.56. The normalized spacial score (nSPS) is 10.8. The first-order chi connectivity index (χ1) is 9.31. The van der Waals surface area contributed by atoms with Gasteiger partial charge in [0.05, 0.1) is 0 Å². The lowest BCUT2D eigenvalue weighted by atomic mass is 10.0. The van der Waals surface area contributed by atoms with Crippen LogP contribution in [0.4, 0.5) is 0 Å². The van der Waals surface area contributed by atoms with Gasteiger partial charge >= 0.3 is 0 Å². The predicted molar refractivity (Wildman–Crippen MR) is 80.7 cm³/mol. The van der Waals surface area contributed by atoms with Gasteiger partial charge in [0.2, 0.25) is 0 Å². The van der Waals surface area contributed by atoms with Crippen LogP contribution in [0.5, 0.6) is 0 Å². The first kappa shape index (κ1) is 13.6. The molecule has 0 fully saturated rings. The second-order valence-corrected chi connectivity index (χ2v) is 4.58. The quantitative estimate of drug-likeness (QED) is 0.575. The fourth-order valence-electron chi connectivity index (χ4n) is 1.78. The number of rotatable bonds is 5. The highest BCUT2D eigenvalue weighted by Crippen LogP contribution is 2.12. The van der Waals surface area contributed by atoms with Crippen molar-refractivity contribution in [2.24, 2.45) is 0 Å². The SMILES string of the molecule is O=C(c1ccccc1)c1ccc(C=CCCCl)cc1. The smallest absolute Gasteiger partial charge is 0.193 e. The molecule has 0 spiro atoms. The maximum Gasteiger partial charge on any atom is 0.193 e. The van der Waals surface area contributed by atoms with Crippen LogP contribution in [0.2, 0.25) is 0 Å². The van der Waals surface area contributed by atoms with Crippen molar-refractivity contribution in [1.82, 2.24) is 0 Å². The molecule has 0 bridgehead atoms. The molecule has 0 radical (unpaired) electrons. The Balaban J connectivity index is 2.12. The summed E-state index contributed by atoms with van der Waals surface area (Å²) in [5, 5.41) is 0. The van der Waals surface area contributed by atoms with Crippen LogP contribution < -0.4 is 0 Å². The van der Waals surface area contributed by atoms with Crippen molar-refractivity contribution in [3.05, 3.63) is 77.4 Å². The highest BCUT2D eigenvalue weighted by Gasteiger charge is 2.07. The topological polar surface area (TPSA) is 17.1 Å². The van der Waals surface area contributed by atoms with Crippen LogP contribution in [0.1, 0.15) is 27.9 Å². The zero-order valence-corrected chi connectivity index (χ0v) is 11.3. The Hall–Kier alpha value is -1.86. The third-order valence-electron chi connectivity index (χ3n) is 2.79. The summed E-state index contributed by atoms with van der Waals surface area (Å²) < 4.78 is 0. The summed E-state index contributed by atoms with van der Waals surface area (Å²) in [6.07, 6.45) is 4.90. The third kappa shape index (κ3) is 3.80. The molecule has 0 saturated carbocycles. The second-order valence-electron chi connectivity index (χ2n) is 4.20. The number of halogens is 1. The molecule has 2 heteroatoms. The van der Waals surface area contributed by atoms with E-state index in [1.54, 1.807) is 0 Å². The average Bonchev–Trinajstić information content (AvgIpc) is 2.48. The minimum absolute atomic E-state index is 0.0527. The summed E-state index contributed by atoms with van der Waals surface area (Å²) >= 11 is 5.61. The van der Waals surface area contributed by atoms with Crippen molar-refractivity contribution < 1.29 is 4.79 Å². The van der Waals surface area contributed by atoms with E-state index in [9.17, 15) is 4.79 Å². The summed E-state index contributed by atoms with van der Waals surface area (Å²) in [5.41, 5.74) is 2.50. The van der Waals surface area contributed by atoms with E-state index < -0.39 is 0 Å². The summed E-state index contributed by atoms with van der Waals surface area (Å²) in [6.45, 7) is 0. The summed E-state index contributed by atoms with van der Waals surface area (Å²) in [4.78, 5) is 12.2. The molecule has 0 amide bonds. The number of ketones is 1. The van der Waals surface area contributed by atoms with Crippen LogP contribution >= 0.6 is 11.6 Å². The van der Waals surface area contributed by atoms with Gasteiger partial charge in [-0.05, 0) is 12.0 Å². The number of allylic oxidation sites excluding steroid dienone is 1. The Kier molecular flexibility index (Phi) is 4.93. The molecule has 0 aliphatic heterocycles. The fourth-order valence-corrected chi connectivity index (χ4v) is 1.91. The molecule has 0 saturated heterocycles. The van der Waals surface area contributed by atoms with Gasteiger partial charge in [0.1, 0.15) is 0 Å². The van der Waals surface area contributed by atoms with Crippen molar-refractivity contribution in [1.29, 1.82) is 0 Å². The molecule has 2 aromatic rings. The molecule has 0 atom stereocenters. The highest BCUT2D eigenvalue weighted by molar-refractivity contribution is 6.17. The molecule has 1 nitrogen and oxygen atoms in total. The van der Waals surface area contributed by atoms with E-state index in [2.05, 4.69) is 0 Å². The molecule has 0 aliphatic rings. The van der Waals surface area contributed by atoms with Crippen LogP contribution in [-0.2, 0) is 0 Å². The monoisotopic (exact) mass is 270 g/mol. The Morgan fingerprint density at radius 3 is 2.21 bits per heavy atom. The number of hydrogen-bond donors (Lipinski definition) is 0. The average molecular weight is 271 g/mol. The maximum absolute atomic E-state index is 12.2. The zero-order valence-electron chi connectivity index (χ0n) is 10.6. The molecule has 0 aliphatic carbocycles. The Morgan fingerprint density at radius 1 is 0.947 bits per heavy atom. The lowest BCUT2D eigenvalue weighted by molar-refractivity contribution is 0.103. The molecule has 0 unspecified atom stereocenters. The van der Waals surface area contributed by atoms with E-state index in [0.29, 0.717) is 17.0 Å². The van der Waals surface area contributed by atoms with Gasteiger partial charge in [-0.25, -0.2) is 0 Å². The number of hydrogen-bond acceptors (Lipinski definition) is 1. The third-order valence-corrected chi connectivity index (χ3v) is 3.01. The van der Waals surface area contributed by atoms with Gasteiger partial charge in [0, 0.05) is 17.0 Å². The van der Waals surface area contributed by atoms with Crippen molar-refractivity contribution in [3.8, 4) is 0 Å². The zero-order chi connectivity index (χ0) is 13.5. The molecule has 0 heterocycles. The first-order valence-corrected chi connectivity index (χ1v) is 6.77. The van der Waals surface area contributed by atoms with Crippen molar-refractivity contribution in [2.45, 2.75) is 6.42 Å². The molecular weight excluding hydrogens is 256 g/mol. The number of carbonyl (C=O) groups is 1. The number of benzene rings is 2. The standard InChI is InChI=1S/C17H15ClO/c18-13-5-4-6-14-9-11-16(12-10-14)17(19)15-7-2-1-3-8-15/h1-4,6-12H,5,13H2. The molecule has 0 aromatic heterocycles. The minimum atomic E-state index is 0.0527. The summed E-state index contributed by atoms with van der Waals surface area (Å²) in [6, 6.07) is 16.9. The number of carbonyl (C=O) groups excluding carboxylic acids is 1. The van der Waals surface area contributed by atoms with Gasteiger partial charge in [-0.15, -0.1) is 11.6 Å². The first-order valence-electron chi connectivity index (χ1n) is 6.23. The van der Waals surface area contributed by atoms with Crippen LogP contribution in [0.15, 0.2) is 60.7 Å². The van der Waals surface area contributed by atoms with Gasteiger partial charge in [-0.2, -0.15) is 0 Å². The van der Waals surface area contributed by atoms with Crippen molar-refractivity contribution in [3.63, 3.8) is 0 Å². The molecule has 2 rings (SSSR count). The molecule has 0 N–H and O–H groups in total. The highest BCUT2D eigenvalue weighted by atomic mass is 35.5. The van der Waals surface area contributed by atoms with E-state index in [4.69, 9.17) is 11.6 Å². The summed E-state index contributed by atoms with van der Waals surface area (Å²) in [7, 11) is 0. The van der Waals surface area contributed by atoms with Crippen LogP contribution in [0.3, 0.4) is 0 Å². The van der Waals surface area contributed by atoms with Gasteiger partial charge in [-0.1, -0.05) is 66.7 Å². The van der Waals surface area contributed by atoms with E-state index in [1.807, 2.05) is 66.7 Å². The summed E-state index contributed by atoms with van der Waals surface area (Å²) in [5.74, 6) is 0.679. The lowest BCUT2D eigenvalue weighted by Crippen LogP contribution is -2.00. The van der Waals surface area contributed by atoms with E-state index in [1.165, 1.54) is 0 Å². The fraction of sp³-hybridized carbons (Fsp3) is 0.118. The molecule has 2 aromatic carbocycles. The second kappa shape index (κ2) is 6.91. The van der Waals surface area contributed by atoms with Crippen molar-refractivity contribution in [2.75, 3.05) is 5.88 Å². The molecule has 96 valence electrons. The van der Waals surface area contributed by atoms with Crippen LogP contribution in [0, 0.1) is 0 Å². The van der Waals surface area contributed by atoms with Gasteiger partial charge in [0.25, 0.3) is 0 Å².